The molecule has 2 aromatic carbocycles. The van der Waals surface area contributed by atoms with E-state index < -0.39 is 0 Å². The molecule has 0 radical (unpaired) electrons. The van der Waals surface area contributed by atoms with Gasteiger partial charge in [0.2, 0.25) is 5.78 Å². The van der Waals surface area contributed by atoms with E-state index in [-0.39, 0.29) is 5.78 Å². The number of carbonyl (C=O) groups is 1. The lowest BCUT2D eigenvalue weighted by atomic mass is 10.1. The first-order valence-corrected chi connectivity index (χ1v) is 8.02. The monoisotopic (exact) mass is 315 g/mol. The van der Waals surface area contributed by atoms with Crippen LogP contribution in [0, 0.1) is 0 Å². The number of anilines is 1. The Hall–Kier alpha value is -1.84. The minimum absolute atomic E-state index is 0.229. The van der Waals surface area contributed by atoms with Crippen LogP contribution in [0.25, 0.3) is 0 Å². The molecule has 0 amide bonds. The van der Waals surface area contributed by atoms with Gasteiger partial charge in [0.1, 0.15) is 6.54 Å². The summed E-state index contributed by atoms with van der Waals surface area (Å²) >= 11 is 6.05. The third kappa shape index (κ3) is 3.67. The highest BCUT2D eigenvalue weighted by atomic mass is 35.5. The maximum absolute atomic E-state index is 12.3. The molecule has 1 fully saturated rings. The van der Waals surface area contributed by atoms with Crippen LogP contribution < -0.4 is 9.80 Å². The number of hydrogen-bond acceptors (Lipinski definition) is 2. The zero-order valence-electron chi connectivity index (χ0n) is 12.5. The molecule has 114 valence electrons. The topological polar surface area (TPSA) is 24.8 Å². The minimum atomic E-state index is 0.229. The zero-order chi connectivity index (χ0) is 15.4. The second-order valence-corrected chi connectivity index (χ2v) is 6.12. The lowest BCUT2D eigenvalue weighted by Crippen LogP contribution is -3.15. The van der Waals surface area contributed by atoms with Crippen LogP contribution in [0.15, 0.2) is 54.6 Å². The number of halogens is 1. The van der Waals surface area contributed by atoms with Crippen LogP contribution in [0.2, 0.25) is 5.02 Å². The largest absolute Gasteiger partial charge is 0.360 e. The normalized spacial score (nSPS) is 15.8. The quantitative estimate of drug-likeness (QED) is 0.872. The van der Waals surface area contributed by atoms with Gasteiger partial charge in [-0.25, -0.2) is 0 Å². The summed E-state index contributed by atoms with van der Waals surface area (Å²) < 4.78 is 0. The van der Waals surface area contributed by atoms with Gasteiger partial charge in [-0.2, -0.15) is 0 Å². The van der Waals surface area contributed by atoms with E-state index in [1.165, 1.54) is 10.6 Å². The molecule has 1 N–H and O–H groups in total. The first kappa shape index (κ1) is 15.1. The molecule has 22 heavy (non-hydrogen) atoms. The van der Waals surface area contributed by atoms with Crippen molar-refractivity contribution in [1.82, 2.24) is 0 Å². The lowest BCUT2D eigenvalue weighted by molar-refractivity contribution is -0.892. The van der Waals surface area contributed by atoms with Gasteiger partial charge in [-0.3, -0.25) is 4.79 Å². The number of hydrogen-bond donors (Lipinski definition) is 1. The summed E-state index contributed by atoms with van der Waals surface area (Å²) in [5.74, 6) is 0.229. The van der Waals surface area contributed by atoms with E-state index in [1.807, 2.05) is 48.5 Å². The second kappa shape index (κ2) is 6.95. The summed E-state index contributed by atoms with van der Waals surface area (Å²) in [6.07, 6.45) is 0. The van der Waals surface area contributed by atoms with Gasteiger partial charge in [-0.05, 0) is 18.2 Å². The fourth-order valence-corrected chi connectivity index (χ4v) is 3.07. The maximum Gasteiger partial charge on any atom is 0.216 e. The molecule has 1 aliphatic heterocycles. The fraction of sp³-hybridized carbons (Fsp3) is 0.278. The minimum Gasteiger partial charge on any atom is -0.360 e. The first-order valence-electron chi connectivity index (χ1n) is 7.65. The van der Waals surface area contributed by atoms with E-state index in [4.69, 9.17) is 11.6 Å². The molecule has 0 aliphatic carbocycles. The number of nitrogens with zero attached hydrogens (tertiary/aromatic N) is 1. The van der Waals surface area contributed by atoms with Crippen LogP contribution in [0.4, 0.5) is 5.69 Å². The molecule has 0 atom stereocenters. The number of nitrogens with one attached hydrogen (secondary N) is 1. The lowest BCUT2D eigenvalue weighted by Gasteiger charge is -2.33. The maximum atomic E-state index is 12.3. The molecule has 0 saturated carbocycles. The van der Waals surface area contributed by atoms with Crippen molar-refractivity contribution >= 4 is 23.1 Å². The number of carbonyl (C=O) groups excluding carboxylic acids is 1. The molecule has 1 aliphatic rings. The average molecular weight is 316 g/mol. The number of piperazine rings is 1. The van der Waals surface area contributed by atoms with E-state index in [1.54, 1.807) is 0 Å². The Labute approximate surface area is 136 Å². The molecule has 0 aromatic heterocycles. The molecule has 2 aromatic rings. The zero-order valence-corrected chi connectivity index (χ0v) is 13.2. The Kier molecular flexibility index (Phi) is 4.76. The molecule has 3 nitrogen and oxygen atoms in total. The van der Waals surface area contributed by atoms with Gasteiger partial charge in [0.05, 0.1) is 26.2 Å². The number of ketones is 1. The van der Waals surface area contributed by atoms with Gasteiger partial charge in [0.25, 0.3) is 0 Å². The van der Waals surface area contributed by atoms with E-state index in [0.29, 0.717) is 6.54 Å². The van der Waals surface area contributed by atoms with E-state index >= 15 is 0 Å². The van der Waals surface area contributed by atoms with Gasteiger partial charge >= 0.3 is 0 Å². The van der Waals surface area contributed by atoms with Crippen LogP contribution in [0.5, 0.6) is 0 Å². The first-order chi connectivity index (χ1) is 10.7. The van der Waals surface area contributed by atoms with Crippen molar-refractivity contribution in [3.05, 3.63) is 65.2 Å². The van der Waals surface area contributed by atoms with Crippen molar-refractivity contribution in [3.63, 3.8) is 0 Å². The van der Waals surface area contributed by atoms with Crippen LogP contribution in [-0.2, 0) is 0 Å². The molecule has 1 heterocycles. The van der Waals surface area contributed by atoms with Gasteiger partial charge in [0.15, 0.2) is 0 Å². The van der Waals surface area contributed by atoms with Crippen molar-refractivity contribution in [2.75, 3.05) is 37.6 Å². The Morgan fingerprint density at radius 3 is 2.45 bits per heavy atom. The van der Waals surface area contributed by atoms with E-state index in [0.717, 1.165) is 36.8 Å². The highest BCUT2D eigenvalue weighted by molar-refractivity contribution is 6.30. The SMILES string of the molecule is O=C(C[NH+]1CCN(c2cccc(Cl)c2)CC1)c1ccccc1. The summed E-state index contributed by atoms with van der Waals surface area (Å²) in [6, 6.07) is 17.5. The van der Waals surface area contributed by atoms with Crippen LogP contribution in [-0.4, -0.2) is 38.5 Å². The van der Waals surface area contributed by atoms with Crippen LogP contribution in [0.1, 0.15) is 10.4 Å². The second-order valence-electron chi connectivity index (χ2n) is 5.68. The highest BCUT2D eigenvalue weighted by Gasteiger charge is 2.22. The molecule has 0 spiro atoms. The Morgan fingerprint density at radius 1 is 1.05 bits per heavy atom. The van der Waals surface area contributed by atoms with E-state index in [2.05, 4.69) is 11.0 Å². The van der Waals surface area contributed by atoms with Gasteiger partial charge < -0.3 is 9.80 Å². The Bertz CT molecular complexity index is 637. The highest BCUT2D eigenvalue weighted by Crippen LogP contribution is 2.19. The third-order valence-electron chi connectivity index (χ3n) is 4.15. The average Bonchev–Trinajstić information content (AvgIpc) is 2.56. The summed E-state index contributed by atoms with van der Waals surface area (Å²) in [5.41, 5.74) is 1.98. The van der Waals surface area contributed by atoms with Crippen LogP contribution in [0.3, 0.4) is 0 Å². The van der Waals surface area contributed by atoms with Gasteiger partial charge in [-0.1, -0.05) is 48.0 Å². The Balaban J connectivity index is 1.55. The molecule has 3 rings (SSSR count). The molecule has 4 heteroatoms. The number of benzene rings is 2. The summed E-state index contributed by atoms with van der Waals surface area (Å²) in [4.78, 5) is 15.9. The summed E-state index contributed by atoms with van der Waals surface area (Å²) in [5, 5.41) is 0.770. The molecular weight excluding hydrogens is 296 g/mol. The molecular formula is C18H20ClN2O+. The van der Waals surface area contributed by atoms with Crippen molar-refractivity contribution < 1.29 is 9.69 Å². The van der Waals surface area contributed by atoms with Crippen molar-refractivity contribution in [3.8, 4) is 0 Å². The Morgan fingerprint density at radius 2 is 1.77 bits per heavy atom. The van der Waals surface area contributed by atoms with Crippen molar-refractivity contribution in [1.29, 1.82) is 0 Å². The van der Waals surface area contributed by atoms with Crippen LogP contribution >= 0.6 is 11.6 Å². The van der Waals surface area contributed by atoms with E-state index in [9.17, 15) is 4.79 Å². The molecule has 1 saturated heterocycles. The fourth-order valence-electron chi connectivity index (χ4n) is 2.88. The van der Waals surface area contributed by atoms with Crippen molar-refractivity contribution in [2.24, 2.45) is 0 Å². The molecule has 0 unspecified atom stereocenters. The summed E-state index contributed by atoms with van der Waals surface area (Å²) in [6.45, 7) is 4.44. The molecule has 0 bridgehead atoms. The number of rotatable bonds is 4. The van der Waals surface area contributed by atoms with Gasteiger partial charge in [-0.15, -0.1) is 0 Å². The predicted molar refractivity (Wildman–Crippen MR) is 90.0 cm³/mol. The van der Waals surface area contributed by atoms with Crippen molar-refractivity contribution in [2.45, 2.75) is 0 Å². The van der Waals surface area contributed by atoms with Gasteiger partial charge in [0, 0.05) is 16.3 Å². The standard InChI is InChI=1S/C18H19ClN2O/c19-16-7-4-8-17(13-16)21-11-9-20(10-12-21)14-18(22)15-5-2-1-3-6-15/h1-8,13H,9-12,14H2/p+1. The third-order valence-corrected chi connectivity index (χ3v) is 4.39. The smallest absolute Gasteiger partial charge is 0.216 e. The number of Topliss-reactive ketones (excluding diaryl/α,β-unsaturated/α-hetero) is 1. The summed E-state index contributed by atoms with van der Waals surface area (Å²) in [7, 11) is 0. The predicted octanol–water partition coefficient (Wildman–Crippen LogP) is 1.93. The number of quaternary nitrogens is 1.